The van der Waals surface area contributed by atoms with Crippen LogP contribution in [-0.4, -0.2) is 41.8 Å². The van der Waals surface area contributed by atoms with E-state index in [1.165, 1.54) is 22.3 Å². The van der Waals surface area contributed by atoms with Crippen LogP contribution < -0.4 is 0 Å². The summed E-state index contributed by atoms with van der Waals surface area (Å²) in [5, 5.41) is 9.15. The quantitative estimate of drug-likeness (QED) is 0.689. The number of carboxylic acids is 1. The summed E-state index contributed by atoms with van der Waals surface area (Å²) in [6.45, 7) is 1.39. The lowest BCUT2D eigenvalue weighted by molar-refractivity contribution is 0.0678. The van der Waals surface area contributed by atoms with Crippen molar-refractivity contribution in [1.29, 1.82) is 0 Å². The van der Waals surface area contributed by atoms with Crippen molar-refractivity contribution >= 4 is 12.1 Å². The monoisotopic (exact) mass is 399 g/mol. The number of likely N-dealkylation sites (tertiary alicyclic amines) is 1. The SMILES string of the molecule is O=C(O)c1cccc(C2CN(C(=O)OCC3c4ccccc4-c4ccccc43)C2)c1. The number of amides is 1. The zero-order chi connectivity index (χ0) is 20.7. The molecule has 150 valence electrons. The van der Waals surface area contributed by atoms with Crippen molar-refractivity contribution in [2.75, 3.05) is 19.7 Å². The van der Waals surface area contributed by atoms with E-state index in [0.717, 1.165) is 5.56 Å². The maximum absolute atomic E-state index is 12.6. The van der Waals surface area contributed by atoms with E-state index in [1.807, 2.05) is 30.3 Å². The highest BCUT2D eigenvalue weighted by atomic mass is 16.6. The number of carbonyl (C=O) groups is 2. The van der Waals surface area contributed by atoms with Gasteiger partial charge in [0.05, 0.1) is 5.56 Å². The number of hydrogen-bond donors (Lipinski definition) is 1. The Balaban J connectivity index is 1.23. The van der Waals surface area contributed by atoms with Crippen LogP contribution in [0, 0.1) is 0 Å². The van der Waals surface area contributed by atoms with Gasteiger partial charge in [-0.15, -0.1) is 0 Å². The first-order valence-corrected chi connectivity index (χ1v) is 10.0. The van der Waals surface area contributed by atoms with Crippen molar-refractivity contribution in [1.82, 2.24) is 4.90 Å². The number of benzene rings is 3. The minimum atomic E-state index is -0.940. The Hall–Kier alpha value is -3.60. The number of ether oxygens (including phenoxy) is 1. The Labute approximate surface area is 174 Å². The molecule has 5 heteroatoms. The van der Waals surface area contributed by atoms with Crippen LogP contribution in [0.25, 0.3) is 11.1 Å². The average molecular weight is 399 g/mol. The number of aromatic carboxylic acids is 1. The highest BCUT2D eigenvalue weighted by molar-refractivity contribution is 5.87. The van der Waals surface area contributed by atoms with Crippen LogP contribution in [0.3, 0.4) is 0 Å². The number of rotatable bonds is 4. The van der Waals surface area contributed by atoms with Gasteiger partial charge in [0.2, 0.25) is 0 Å². The molecule has 30 heavy (non-hydrogen) atoms. The summed E-state index contributed by atoms with van der Waals surface area (Å²) >= 11 is 0. The molecule has 0 spiro atoms. The first kappa shape index (κ1) is 18.4. The number of nitrogens with zero attached hydrogens (tertiary/aromatic N) is 1. The fourth-order valence-electron chi connectivity index (χ4n) is 4.45. The van der Waals surface area contributed by atoms with Crippen LogP contribution >= 0.6 is 0 Å². The van der Waals surface area contributed by atoms with Crippen LogP contribution in [0.4, 0.5) is 4.79 Å². The zero-order valence-electron chi connectivity index (χ0n) is 16.3. The molecule has 1 saturated heterocycles. The molecule has 0 radical (unpaired) electrons. The van der Waals surface area contributed by atoms with Crippen LogP contribution in [0.1, 0.15) is 38.9 Å². The van der Waals surface area contributed by atoms with Gasteiger partial charge in [-0.05, 0) is 39.9 Å². The molecule has 5 nitrogen and oxygen atoms in total. The van der Waals surface area contributed by atoms with Gasteiger partial charge in [-0.2, -0.15) is 0 Å². The van der Waals surface area contributed by atoms with Gasteiger partial charge in [-0.1, -0.05) is 60.7 Å². The molecule has 0 atom stereocenters. The summed E-state index contributed by atoms with van der Waals surface area (Å²) in [4.78, 5) is 25.4. The van der Waals surface area contributed by atoms with Gasteiger partial charge in [-0.25, -0.2) is 9.59 Å². The summed E-state index contributed by atoms with van der Waals surface area (Å²) in [6, 6.07) is 23.4. The highest BCUT2D eigenvalue weighted by Gasteiger charge is 2.35. The van der Waals surface area contributed by atoms with Gasteiger partial charge in [0, 0.05) is 24.9 Å². The van der Waals surface area contributed by atoms with Crippen molar-refractivity contribution in [2.24, 2.45) is 0 Å². The number of fused-ring (bicyclic) bond motifs is 3. The maximum atomic E-state index is 12.6. The normalized spacial score (nSPS) is 15.3. The summed E-state index contributed by atoms with van der Waals surface area (Å²) in [6.07, 6.45) is -0.317. The minimum absolute atomic E-state index is 0.0469. The van der Waals surface area contributed by atoms with E-state index in [4.69, 9.17) is 9.84 Å². The Bertz CT molecular complexity index is 1090. The predicted octanol–water partition coefficient (Wildman–Crippen LogP) is 4.73. The minimum Gasteiger partial charge on any atom is -0.478 e. The third-order valence-electron chi connectivity index (χ3n) is 6.08. The van der Waals surface area contributed by atoms with Crippen LogP contribution in [0.15, 0.2) is 72.8 Å². The third kappa shape index (κ3) is 3.12. The average Bonchev–Trinajstić information content (AvgIpc) is 3.05. The number of carboxylic acid groups (broad SMARTS) is 1. The molecule has 1 amide bonds. The molecule has 0 bridgehead atoms. The van der Waals surface area contributed by atoms with Crippen LogP contribution in [-0.2, 0) is 4.74 Å². The maximum Gasteiger partial charge on any atom is 0.409 e. The predicted molar refractivity (Wildman–Crippen MR) is 113 cm³/mol. The van der Waals surface area contributed by atoms with Crippen LogP contribution in [0.2, 0.25) is 0 Å². The van der Waals surface area contributed by atoms with Gasteiger partial charge in [0.25, 0.3) is 0 Å². The summed E-state index contributed by atoms with van der Waals surface area (Å²) in [5.74, 6) is -0.750. The number of hydrogen-bond acceptors (Lipinski definition) is 3. The topological polar surface area (TPSA) is 66.8 Å². The van der Waals surface area contributed by atoms with E-state index >= 15 is 0 Å². The van der Waals surface area contributed by atoms with Gasteiger partial charge in [-0.3, -0.25) is 0 Å². The van der Waals surface area contributed by atoms with Crippen molar-refractivity contribution in [2.45, 2.75) is 11.8 Å². The van der Waals surface area contributed by atoms with E-state index in [0.29, 0.717) is 19.7 Å². The molecule has 1 aliphatic carbocycles. The molecule has 2 aliphatic rings. The Morgan fingerprint density at radius 1 is 0.900 bits per heavy atom. The van der Waals surface area contributed by atoms with Gasteiger partial charge < -0.3 is 14.7 Å². The molecule has 3 aromatic carbocycles. The first-order chi connectivity index (χ1) is 14.6. The van der Waals surface area contributed by atoms with E-state index in [-0.39, 0.29) is 23.5 Å². The van der Waals surface area contributed by atoms with Gasteiger partial charge in [0.15, 0.2) is 0 Å². The lowest BCUT2D eigenvalue weighted by Gasteiger charge is -2.38. The van der Waals surface area contributed by atoms with Crippen LogP contribution in [0.5, 0.6) is 0 Å². The molecule has 1 N–H and O–H groups in total. The lowest BCUT2D eigenvalue weighted by Crippen LogP contribution is -2.48. The third-order valence-corrected chi connectivity index (χ3v) is 6.08. The standard InChI is InChI=1S/C25H21NO4/c27-24(28)17-7-5-6-16(12-17)18-13-26(14-18)25(29)30-15-23-21-10-3-1-8-19(21)20-9-2-4-11-22(20)23/h1-12,18,23H,13-15H2,(H,27,28). The smallest absolute Gasteiger partial charge is 0.409 e. The molecule has 0 saturated carbocycles. The Morgan fingerprint density at radius 2 is 1.53 bits per heavy atom. The summed E-state index contributed by atoms with van der Waals surface area (Å²) in [7, 11) is 0. The molecular weight excluding hydrogens is 378 g/mol. The molecule has 1 fully saturated rings. The number of carbonyl (C=O) groups excluding carboxylic acids is 1. The van der Waals surface area contributed by atoms with Crippen molar-refractivity contribution < 1.29 is 19.4 Å². The van der Waals surface area contributed by atoms with Gasteiger partial charge in [0.1, 0.15) is 6.61 Å². The molecular formula is C25H21NO4. The van der Waals surface area contributed by atoms with Crippen molar-refractivity contribution in [3.8, 4) is 11.1 Å². The summed E-state index contributed by atoms with van der Waals surface area (Å²) < 4.78 is 5.68. The largest absolute Gasteiger partial charge is 0.478 e. The summed E-state index contributed by atoms with van der Waals surface area (Å²) in [5.41, 5.74) is 6.01. The second-order valence-electron chi connectivity index (χ2n) is 7.84. The van der Waals surface area contributed by atoms with E-state index < -0.39 is 5.97 Å². The molecule has 0 unspecified atom stereocenters. The van der Waals surface area contributed by atoms with Crippen molar-refractivity contribution in [3.63, 3.8) is 0 Å². The Kier molecular flexibility index (Phi) is 4.51. The van der Waals surface area contributed by atoms with Gasteiger partial charge >= 0.3 is 12.1 Å². The molecule has 1 heterocycles. The van der Waals surface area contributed by atoms with E-state index in [2.05, 4.69) is 24.3 Å². The first-order valence-electron chi connectivity index (χ1n) is 10.0. The Morgan fingerprint density at radius 3 is 2.17 bits per heavy atom. The molecule has 1 aliphatic heterocycles. The second-order valence-corrected chi connectivity index (χ2v) is 7.84. The zero-order valence-corrected chi connectivity index (χ0v) is 16.3. The van der Waals surface area contributed by atoms with E-state index in [1.54, 1.807) is 23.1 Å². The second kappa shape index (κ2) is 7.34. The van der Waals surface area contributed by atoms with Crippen molar-refractivity contribution in [3.05, 3.63) is 95.1 Å². The molecule has 5 rings (SSSR count). The fraction of sp³-hybridized carbons (Fsp3) is 0.200. The fourth-order valence-corrected chi connectivity index (χ4v) is 4.45. The van der Waals surface area contributed by atoms with E-state index in [9.17, 15) is 9.59 Å². The molecule has 3 aromatic rings. The lowest BCUT2D eigenvalue weighted by atomic mass is 9.91. The highest BCUT2D eigenvalue weighted by Crippen LogP contribution is 2.44. The molecule has 0 aromatic heterocycles.